The van der Waals surface area contributed by atoms with Crippen LogP contribution in [0.25, 0.3) is 10.9 Å². The second kappa shape index (κ2) is 6.39. The Morgan fingerprint density at radius 1 is 1.32 bits per heavy atom. The fourth-order valence-corrected chi connectivity index (χ4v) is 2.66. The monoisotopic (exact) mass is 373 g/mol. The first-order valence-electron chi connectivity index (χ1n) is 6.95. The van der Waals surface area contributed by atoms with E-state index >= 15 is 0 Å². The Labute approximate surface area is 142 Å². The van der Waals surface area contributed by atoms with Gasteiger partial charge in [0.05, 0.1) is 23.3 Å². The van der Waals surface area contributed by atoms with E-state index in [0.29, 0.717) is 11.1 Å². The van der Waals surface area contributed by atoms with Gasteiger partial charge in [0.15, 0.2) is 12.3 Å². The number of aromatic nitrogens is 4. The number of benzene rings is 1. The highest BCUT2D eigenvalue weighted by Crippen LogP contribution is 2.32. The van der Waals surface area contributed by atoms with Gasteiger partial charge in [-0.1, -0.05) is 0 Å². The van der Waals surface area contributed by atoms with Gasteiger partial charge in [0.25, 0.3) is 0 Å². The second-order valence-electron chi connectivity index (χ2n) is 5.10. The van der Waals surface area contributed by atoms with Crippen LogP contribution in [0.1, 0.15) is 11.3 Å². The minimum atomic E-state index is -4.55. The van der Waals surface area contributed by atoms with Crippen LogP contribution in [0, 0.1) is 0 Å². The first-order chi connectivity index (χ1) is 11.8. The lowest BCUT2D eigenvalue weighted by molar-refractivity contribution is -0.137. The van der Waals surface area contributed by atoms with Gasteiger partial charge < -0.3 is 5.32 Å². The molecule has 0 saturated heterocycles. The summed E-state index contributed by atoms with van der Waals surface area (Å²) in [6, 6.07) is 3.07. The number of hydrogen-bond donors (Lipinski definition) is 1. The average molecular weight is 373 g/mol. The number of hydrogen-bond acceptors (Lipinski definition) is 5. The SMILES string of the molecule is CNc1nc(=O)n(Cc2cn(SF)cn2)c2cc(C(F)(F)F)ccc12. The Morgan fingerprint density at radius 2 is 2.08 bits per heavy atom. The average Bonchev–Trinajstić information content (AvgIpc) is 3.03. The number of nitrogens with one attached hydrogen (secondary N) is 1. The van der Waals surface area contributed by atoms with E-state index in [4.69, 9.17) is 0 Å². The van der Waals surface area contributed by atoms with Gasteiger partial charge in [-0.15, -0.1) is 3.89 Å². The molecular weight excluding hydrogens is 362 g/mol. The topological polar surface area (TPSA) is 64.7 Å². The molecular formula is C14H11F4N5OS. The van der Waals surface area contributed by atoms with Crippen molar-refractivity contribution in [3.63, 3.8) is 0 Å². The van der Waals surface area contributed by atoms with E-state index in [1.54, 1.807) is 0 Å². The van der Waals surface area contributed by atoms with Crippen LogP contribution >= 0.6 is 12.3 Å². The molecule has 0 bridgehead atoms. The Bertz CT molecular complexity index is 981. The van der Waals surface area contributed by atoms with Crippen molar-refractivity contribution >= 4 is 29.1 Å². The number of halogens is 4. The van der Waals surface area contributed by atoms with Gasteiger partial charge in [-0.05, 0) is 18.2 Å². The molecule has 0 spiro atoms. The van der Waals surface area contributed by atoms with Gasteiger partial charge >= 0.3 is 11.9 Å². The number of rotatable bonds is 4. The van der Waals surface area contributed by atoms with Gasteiger partial charge in [-0.3, -0.25) is 8.54 Å². The molecule has 0 atom stereocenters. The molecule has 132 valence electrons. The standard InChI is InChI=1S/C14H11F4N5OS/c1-19-12-10-3-2-8(14(15,16)17)4-11(10)23(13(24)21-12)6-9-5-22(25-18)7-20-9/h2-5,7H,6H2,1H3,(H,19,21,24). The van der Waals surface area contributed by atoms with E-state index < -0.39 is 17.4 Å². The van der Waals surface area contributed by atoms with Gasteiger partial charge in [-0.2, -0.15) is 18.2 Å². The lowest BCUT2D eigenvalue weighted by Gasteiger charge is -2.14. The van der Waals surface area contributed by atoms with E-state index in [1.165, 1.54) is 25.6 Å². The quantitative estimate of drug-likeness (QED) is 0.712. The van der Waals surface area contributed by atoms with Crippen molar-refractivity contribution < 1.29 is 17.1 Å². The Morgan fingerprint density at radius 3 is 2.68 bits per heavy atom. The third-order valence-electron chi connectivity index (χ3n) is 3.56. The molecule has 3 rings (SSSR count). The number of alkyl halides is 3. The number of nitrogens with zero attached hydrogens (tertiary/aromatic N) is 4. The minimum Gasteiger partial charge on any atom is -0.372 e. The normalized spacial score (nSPS) is 11.9. The molecule has 11 heteroatoms. The van der Waals surface area contributed by atoms with Crippen LogP contribution in [0.3, 0.4) is 0 Å². The molecule has 2 heterocycles. The first kappa shape index (κ1) is 17.3. The van der Waals surface area contributed by atoms with Crippen LogP contribution < -0.4 is 11.0 Å². The molecule has 25 heavy (non-hydrogen) atoms. The highest BCUT2D eigenvalue weighted by atomic mass is 32.2. The third-order valence-corrected chi connectivity index (χ3v) is 3.92. The number of fused-ring (bicyclic) bond motifs is 1. The highest BCUT2D eigenvalue weighted by molar-refractivity contribution is 7.92. The van der Waals surface area contributed by atoms with Crippen LogP contribution in [-0.2, 0) is 12.7 Å². The van der Waals surface area contributed by atoms with Crippen molar-refractivity contribution in [2.24, 2.45) is 0 Å². The van der Waals surface area contributed by atoms with Gasteiger partial charge in [0.1, 0.15) is 12.1 Å². The summed E-state index contributed by atoms with van der Waals surface area (Å²) < 4.78 is 53.7. The fourth-order valence-electron chi connectivity index (χ4n) is 2.42. The molecule has 0 aliphatic rings. The first-order valence-corrected chi connectivity index (χ1v) is 7.62. The summed E-state index contributed by atoms with van der Waals surface area (Å²) in [7, 11) is 1.52. The Kier molecular flexibility index (Phi) is 4.41. The van der Waals surface area contributed by atoms with Crippen molar-refractivity contribution in [3.05, 3.63) is 52.5 Å². The van der Waals surface area contributed by atoms with Gasteiger partial charge in [0, 0.05) is 18.6 Å². The zero-order chi connectivity index (χ0) is 18.2. The van der Waals surface area contributed by atoms with Crippen molar-refractivity contribution in [2.75, 3.05) is 12.4 Å². The predicted molar refractivity (Wildman–Crippen MR) is 86.0 cm³/mol. The molecule has 0 radical (unpaired) electrons. The van der Waals surface area contributed by atoms with E-state index in [2.05, 4.69) is 15.3 Å². The lowest BCUT2D eigenvalue weighted by atomic mass is 10.1. The Balaban J connectivity index is 2.21. The molecule has 1 N–H and O–H groups in total. The molecule has 0 amide bonds. The summed E-state index contributed by atoms with van der Waals surface area (Å²) in [4.78, 5) is 20.0. The van der Waals surface area contributed by atoms with E-state index in [1.807, 2.05) is 0 Å². The van der Waals surface area contributed by atoms with Crippen LogP contribution in [0.2, 0.25) is 0 Å². The third kappa shape index (κ3) is 3.31. The summed E-state index contributed by atoms with van der Waals surface area (Å²) in [5.74, 6) is 0.176. The lowest BCUT2D eigenvalue weighted by Crippen LogP contribution is -2.25. The summed E-state index contributed by atoms with van der Waals surface area (Å²) in [6.07, 6.45) is -2.02. The van der Waals surface area contributed by atoms with Crippen LogP contribution in [0.5, 0.6) is 0 Å². The van der Waals surface area contributed by atoms with Crippen molar-refractivity contribution in [1.29, 1.82) is 0 Å². The van der Waals surface area contributed by atoms with E-state index in [0.717, 1.165) is 20.7 Å². The zero-order valence-electron chi connectivity index (χ0n) is 12.7. The predicted octanol–water partition coefficient (Wildman–Crippen LogP) is 3.08. The maximum atomic E-state index is 13.0. The summed E-state index contributed by atoms with van der Waals surface area (Å²) in [6.45, 7) is -0.138. The molecule has 0 aliphatic carbocycles. The summed E-state index contributed by atoms with van der Waals surface area (Å²) in [5, 5.41) is 3.05. The number of anilines is 1. The molecule has 0 aliphatic heterocycles. The molecule has 0 saturated carbocycles. The largest absolute Gasteiger partial charge is 0.416 e. The van der Waals surface area contributed by atoms with Gasteiger partial charge in [-0.25, -0.2) is 9.78 Å². The Hall–Kier alpha value is -2.56. The second-order valence-corrected chi connectivity index (χ2v) is 5.66. The highest BCUT2D eigenvalue weighted by Gasteiger charge is 2.31. The van der Waals surface area contributed by atoms with E-state index in [9.17, 15) is 21.9 Å². The molecule has 1 aromatic carbocycles. The maximum Gasteiger partial charge on any atom is 0.416 e. The summed E-state index contributed by atoms with van der Waals surface area (Å²) >= 11 is -0.0877. The molecule has 2 aromatic heterocycles. The summed E-state index contributed by atoms with van der Waals surface area (Å²) in [5.41, 5.74) is -1.25. The van der Waals surface area contributed by atoms with Crippen molar-refractivity contribution in [1.82, 2.24) is 18.5 Å². The van der Waals surface area contributed by atoms with Crippen molar-refractivity contribution in [3.8, 4) is 0 Å². The molecule has 0 fully saturated rings. The molecule has 3 aromatic rings. The fraction of sp³-hybridized carbons (Fsp3) is 0.214. The molecule has 6 nitrogen and oxygen atoms in total. The van der Waals surface area contributed by atoms with Crippen LogP contribution in [0.15, 0.2) is 35.5 Å². The van der Waals surface area contributed by atoms with Crippen LogP contribution in [0.4, 0.5) is 22.9 Å². The van der Waals surface area contributed by atoms with Gasteiger partial charge in [0.2, 0.25) is 0 Å². The van der Waals surface area contributed by atoms with E-state index in [-0.39, 0.29) is 30.2 Å². The minimum absolute atomic E-state index is 0.0571. The number of imidazole rings is 1. The van der Waals surface area contributed by atoms with Crippen molar-refractivity contribution in [2.45, 2.75) is 12.7 Å². The molecule has 0 unspecified atom stereocenters. The smallest absolute Gasteiger partial charge is 0.372 e. The zero-order valence-corrected chi connectivity index (χ0v) is 13.5. The van der Waals surface area contributed by atoms with Crippen LogP contribution in [-0.4, -0.2) is 25.6 Å². The maximum absolute atomic E-state index is 13.0.